The second-order valence-electron chi connectivity index (χ2n) is 6.61. The number of hydrogen-bond acceptors (Lipinski definition) is 6. The Morgan fingerprint density at radius 1 is 1.36 bits per heavy atom. The molecule has 0 saturated carbocycles. The molecule has 1 unspecified atom stereocenters. The van der Waals surface area contributed by atoms with E-state index in [4.69, 9.17) is 4.74 Å². The van der Waals surface area contributed by atoms with Crippen LogP contribution >= 0.6 is 11.8 Å². The molecule has 0 bridgehead atoms. The first kappa shape index (κ1) is 18.8. The third kappa shape index (κ3) is 4.00. The SMILES string of the molecule is Cc1nnc(SCC(=O)NCC2CCCO2)c2c1cnn2-c1ccc(F)cc1. The van der Waals surface area contributed by atoms with E-state index in [1.165, 1.54) is 23.9 Å². The molecule has 3 aromatic rings. The number of rotatable bonds is 6. The van der Waals surface area contributed by atoms with Crippen LogP contribution in [0.25, 0.3) is 16.6 Å². The van der Waals surface area contributed by atoms with Crippen molar-refractivity contribution in [3.8, 4) is 5.69 Å². The van der Waals surface area contributed by atoms with Crippen molar-refractivity contribution in [2.24, 2.45) is 0 Å². The number of nitrogens with one attached hydrogen (secondary N) is 1. The molecule has 0 radical (unpaired) electrons. The number of aromatic nitrogens is 4. The molecule has 1 aliphatic rings. The Morgan fingerprint density at radius 2 is 2.18 bits per heavy atom. The van der Waals surface area contributed by atoms with Gasteiger partial charge in [-0.15, -0.1) is 5.10 Å². The standard InChI is InChI=1S/C19H20FN5O2S/c1-12-16-10-22-25(14-6-4-13(20)5-7-14)18(16)19(24-23-12)28-11-17(26)21-9-15-3-2-8-27-15/h4-7,10,15H,2-3,8-9,11H2,1H3,(H,21,26). The van der Waals surface area contributed by atoms with Crippen LogP contribution in [0, 0.1) is 12.7 Å². The molecule has 0 spiro atoms. The van der Waals surface area contributed by atoms with Gasteiger partial charge in [-0.25, -0.2) is 9.07 Å². The van der Waals surface area contributed by atoms with Gasteiger partial charge in [-0.1, -0.05) is 11.8 Å². The van der Waals surface area contributed by atoms with Crippen LogP contribution in [0.3, 0.4) is 0 Å². The van der Waals surface area contributed by atoms with Crippen LogP contribution in [0.1, 0.15) is 18.5 Å². The fourth-order valence-electron chi connectivity index (χ4n) is 3.13. The normalized spacial score (nSPS) is 16.6. The molecule has 1 atom stereocenters. The third-order valence-electron chi connectivity index (χ3n) is 4.61. The number of thioether (sulfide) groups is 1. The number of nitrogens with zero attached hydrogens (tertiary/aromatic N) is 4. The van der Waals surface area contributed by atoms with Crippen molar-refractivity contribution in [1.29, 1.82) is 0 Å². The van der Waals surface area contributed by atoms with E-state index in [1.807, 2.05) is 6.92 Å². The number of fused-ring (bicyclic) bond motifs is 1. The second kappa shape index (κ2) is 8.24. The highest BCUT2D eigenvalue weighted by molar-refractivity contribution is 8.00. The molecule has 1 aliphatic heterocycles. The van der Waals surface area contributed by atoms with Gasteiger partial charge in [0.2, 0.25) is 5.91 Å². The number of halogens is 1. The lowest BCUT2D eigenvalue weighted by atomic mass is 10.2. The molecule has 1 aromatic carbocycles. The largest absolute Gasteiger partial charge is 0.376 e. The van der Waals surface area contributed by atoms with Crippen LogP contribution in [0.5, 0.6) is 0 Å². The lowest BCUT2D eigenvalue weighted by molar-refractivity contribution is -0.119. The van der Waals surface area contributed by atoms with E-state index in [0.717, 1.165) is 36.0 Å². The van der Waals surface area contributed by atoms with E-state index < -0.39 is 0 Å². The van der Waals surface area contributed by atoms with Crippen LogP contribution in [0.15, 0.2) is 35.5 Å². The van der Waals surface area contributed by atoms with Crippen molar-refractivity contribution in [3.63, 3.8) is 0 Å². The summed E-state index contributed by atoms with van der Waals surface area (Å²) in [6, 6.07) is 6.08. The van der Waals surface area contributed by atoms with Crippen molar-refractivity contribution >= 4 is 28.6 Å². The topological polar surface area (TPSA) is 81.9 Å². The smallest absolute Gasteiger partial charge is 0.230 e. The van der Waals surface area contributed by atoms with E-state index in [1.54, 1.807) is 23.0 Å². The summed E-state index contributed by atoms with van der Waals surface area (Å²) < 4.78 is 20.5. The maximum atomic E-state index is 13.3. The highest BCUT2D eigenvalue weighted by Gasteiger charge is 2.18. The molecule has 4 rings (SSSR count). The molecule has 9 heteroatoms. The zero-order valence-corrected chi connectivity index (χ0v) is 16.2. The molecule has 0 aliphatic carbocycles. The fraction of sp³-hybridized carbons (Fsp3) is 0.368. The van der Waals surface area contributed by atoms with Crippen molar-refractivity contribution < 1.29 is 13.9 Å². The van der Waals surface area contributed by atoms with Gasteiger partial charge in [0.15, 0.2) is 0 Å². The minimum absolute atomic E-state index is 0.0797. The lowest BCUT2D eigenvalue weighted by Gasteiger charge is -2.11. The minimum atomic E-state index is -0.311. The second-order valence-corrected chi connectivity index (χ2v) is 7.58. The van der Waals surface area contributed by atoms with Crippen LogP contribution in [0.4, 0.5) is 4.39 Å². The van der Waals surface area contributed by atoms with Crippen LogP contribution < -0.4 is 5.32 Å². The summed E-state index contributed by atoms with van der Waals surface area (Å²) >= 11 is 1.30. The van der Waals surface area contributed by atoms with Crippen molar-refractivity contribution in [2.45, 2.75) is 30.9 Å². The average Bonchev–Trinajstić information content (AvgIpc) is 3.37. The Kier molecular flexibility index (Phi) is 5.54. The first-order chi connectivity index (χ1) is 13.6. The van der Waals surface area contributed by atoms with Crippen LogP contribution in [-0.4, -0.2) is 50.9 Å². The number of amides is 1. The highest BCUT2D eigenvalue weighted by Crippen LogP contribution is 2.28. The van der Waals surface area contributed by atoms with E-state index in [9.17, 15) is 9.18 Å². The summed E-state index contributed by atoms with van der Waals surface area (Å²) in [6.45, 7) is 3.15. The van der Waals surface area contributed by atoms with Gasteiger partial charge >= 0.3 is 0 Å². The zero-order chi connectivity index (χ0) is 19.5. The van der Waals surface area contributed by atoms with Gasteiger partial charge in [0.25, 0.3) is 0 Å². The van der Waals surface area contributed by atoms with E-state index in [0.29, 0.717) is 17.3 Å². The number of hydrogen-bond donors (Lipinski definition) is 1. The number of carbonyl (C=O) groups is 1. The Hall–Kier alpha value is -2.52. The van der Waals surface area contributed by atoms with Gasteiger partial charge in [-0.05, 0) is 44.0 Å². The Morgan fingerprint density at radius 3 is 2.93 bits per heavy atom. The fourth-order valence-corrected chi connectivity index (χ4v) is 3.94. The molecule has 28 heavy (non-hydrogen) atoms. The van der Waals surface area contributed by atoms with Gasteiger partial charge in [-0.2, -0.15) is 10.2 Å². The Bertz CT molecular complexity index is 986. The average molecular weight is 401 g/mol. The van der Waals surface area contributed by atoms with Gasteiger partial charge in [-0.3, -0.25) is 4.79 Å². The minimum Gasteiger partial charge on any atom is -0.376 e. The zero-order valence-electron chi connectivity index (χ0n) is 15.4. The van der Waals surface area contributed by atoms with E-state index >= 15 is 0 Å². The molecular weight excluding hydrogens is 381 g/mol. The first-order valence-corrected chi connectivity index (χ1v) is 10.1. The monoisotopic (exact) mass is 401 g/mol. The number of ether oxygens (including phenoxy) is 1. The maximum Gasteiger partial charge on any atom is 0.230 e. The van der Waals surface area contributed by atoms with Crippen molar-refractivity contribution in [2.75, 3.05) is 18.9 Å². The summed E-state index contributed by atoms with van der Waals surface area (Å²) in [5.41, 5.74) is 2.22. The van der Waals surface area contributed by atoms with Crippen molar-refractivity contribution in [1.82, 2.24) is 25.3 Å². The quantitative estimate of drug-likeness (QED) is 0.640. The molecule has 1 amide bonds. The first-order valence-electron chi connectivity index (χ1n) is 9.10. The molecule has 7 nitrogen and oxygen atoms in total. The molecule has 2 aromatic heterocycles. The van der Waals surface area contributed by atoms with Crippen molar-refractivity contribution in [3.05, 3.63) is 42.0 Å². The van der Waals surface area contributed by atoms with Crippen LogP contribution in [-0.2, 0) is 9.53 Å². The number of carbonyl (C=O) groups excluding carboxylic acids is 1. The highest BCUT2D eigenvalue weighted by atomic mass is 32.2. The summed E-state index contributed by atoms with van der Waals surface area (Å²) in [4.78, 5) is 12.2. The summed E-state index contributed by atoms with van der Waals surface area (Å²) in [6.07, 6.45) is 3.85. The third-order valence-corrected chi connectivity index (χ3v) is 5.57. The summed E-state index contributed by atoms with van der Waals surface area (Å²) in [7, 11) is 0. The van der Waals surface area contributed by atoms with Gasteiger partial charge in [0, 0.05) is 18.5 Å². The molecular formula is C19H20FN5O2S. The molecule has 1 N–H and O–H groups in total. The molecule has 3 heterocycles. The summed E-state index contributed by atoms with van der Waals surface area (Å²) in [5, 5.41) is 17.2. The van der Waals surface area contributed by atoms with Gasteiger partial charge in [0.05, 0.1) is 29.4 Å². The maximum absolute atomic E-state index is 13.3. The van der Waals surface area contributed by atoms with E-state index in [-0.39, 0.29) is 23.6 Å². The predicted molar refractivity (Wildman–Crippen MR) is 104 cm³/mol. The summed E-state index contributed by atoms with van der Waals surface area (Å²) in [5.74, 6) is -0.175. The Labute approximate surface area is 165 Å². The molecule has 146 valence electrons. The van der Waals surface area contributed by atoms with Crippen LogP contribution in [0.2, 0.25) is 0 Å². The number of benzene rings is 1. The van der Waals surface area contributed by atoms with Gasteiger partial charge < -0.3 is 10.1 Å². The number of aryl methyl sites for hydroxylation is 1. The van der Waals surface area contributed by atoms with E-state index in [2.05, 4.69) is 20.6 Å². The molecule has 1 saturated heterocycles. The Balaban J connectivity index is 1.53. The predicted octanol–water partition coefficient (Wildman–Crippen LogP) is 2.65. The molecule has 1 fully saturated rings. The lowest BCUT2D eigenvalue weighted by Crippen LogP contribution is -2.32. The van der Waals surface area contributed by atoms with Gasteiger partial charge in [0.1, 0.15) is 16.4 Å².